The molecule has 2 amide bonds. The summed E-state index contributed by atoms with van der Waals surface area (Å²) in [4.78, 5) is 26.1. The van der Waals surface area contributed by atoms with Crippen LogP contribution < -0.4 is 5.32 Å². The van der Waals surface area contributed by atoms with Gasteiger partial charge in [-0.05, 0) is 25.7 Å². The summed E-state index contributed by atoms with van der Waals surface area (Å²) in [6, 6.07) is 0.00882. The van der Waals surface area contributed by atoms with Gasteiger partial charge in [0.1, 0.15) is 10.7 Å². The summed E-state index contributed by atoms with van der Waals surface area (Å²) >= 11 is 6.09. The lowest BCUT2D eigenvalue weighted by Gasteiger charge is -2.29. The maximum absolute atomic E-state index is 12.5. The van der Waals surface area contributed by atoms with Crippen LogP contribution >= 0.6 is 11.6 Å². The number of rotatable bonds is 4. The van der Waals surface area contributed by atoms with Crippen LogP contribution in [0.1, 0.15) is 44.9 Å². The molecule has 0 spiro atoms. The van der Waals surface area contributed by atoms with Crippen molar-refractivity contribution in [2.24, 2.45) is 0 Å². The molecule has 0 radical (unpaired) electrons. The predicted octanol–water partition coefficient (Wildman–Crippen LogP) is 1.91. The number of hydrogen-bond acceptors (Lipinski definition) is 4. The van der Waals surface area contributed by atoms with Crippen molar-refractivity contribution in [1.29, 1.82) is 0 Å². The van der Waals surface area contributed by atoms with Crippen LogP contribution in [0.25, 0.3) is 0 Å². The quantitative estimate of drug-likeness (QED) is 0.806. The number of amides is 2. The van der Waals surface area contributed by atoms with Gasteiger partial charge in [0.15, 0.2) is 0 Å². The van der Waals surface area contributed by atoms with Crippen LogP contribution in [0.5, 0.6) is 0 Å². The molecule has 1 saturated heterocycles. The molecule has 0 aromatic rings. The van der Waals surface area contributed by atoms with E-state index in [1.807, 2.05) is 0 Å². The molecule has 3 aliphatic rings. The largest absolute Gasteiger partial charge is 0.377 e. The predicted molar refractivity (Wildman–Crippen MR) is 78.6 cm³/mol. The third kappa shape index (κ3) is 2.94. The van der Waals surface area contributed by atoms with Crippen LogP contribution in [0.2, 0.25) is 0 Å². The second kappa shape index (κ2) is 6.36. The van der Waals surface area contributed by atoms with Crippen molar-refractivity contribution in [3.8, 4) is 0 Å². The monoisotopic (exact) mass is 312 g/mol. The van der Waals surface area contributed by atoms with Crippen LogP contribution in [-0.2, 0) is 14.3 Å². The number of nitrogens with zero attached hydrogens (tertiary/aromatic N) is 1. The molecule has 3 rings (SSSR count). The third-order valence-electron chi connectivity index (χ3n) is 4.53. The Hall–Kier alpha value is -1.07. The summed E-state index contributed by atoms with van der Waals surface area (Å²) in [5.74, 6) is -0.613. The summed E-state index contributed by atoms with van der Waals surface area (Å²) < 4.78 is 5.52. The minimum Gasteiger partial charge on any atom is -0.377 e. The molecule has 0 bridgehead atoms. The van der Waals surface area contributed by atoms with Gasteiger partial charge in [-0.25, -0.2) is 0 Å². The highest BCUT2D eigenvalue weighted by molar-refractivity contribution is 6.47. The second-order valence-corrected chi connectivity index (χ2v) is 6.36. The number of imide groups is 1. The Kier molecular flexibility index (Phi) is 4.50. The smallest absolute Gasteiger partial charge is 0.278 e. The average Bonchev–Trinajstić information content (AvgIpc) is 3.08. The van der Waals surface area contributed by atoms with E-state index in [1.165, 1.54) is 11.3 Å². The van der Waals surface area contributed by atoms with Gasteiger partial charge in [-0.3, -0.25) is 14.5 Å². The number of ether oxygens (including phenoxy) is 1. The van der Waals surface area contributed by atoms with E-state index in [2.05, 4.69) is 5.32 Å². The highest BCUT2D eigenvalue weighted by atomic mass is 35.5. The van der Waals surface area contributed by atoms with Crippen LogP contribution in [0.4, 0.5) is 0 Å². The summed E-state index contributed by atoms with van der Waals surface area (Å²) in [6.07, 6.45) is 7.22. The van der Waals surface area contributed by atoms with Crippen LogP contribution in [-0.4, -0.2) is 42.0 Å². The molecule has 1 aliphatic carbocycles. The van der Waals surface area contributed by atoms with E-state index in [0.717, 1.165) is 45.1 Å². The number of nitrogens with one attached hydrogen (secondary N) is 1. The number of carbonyl (C=O) groups excluding carboxylic acids is 2. The average molecular weight is 313 g/mol. The lowest BCUT2D eigenvalue weighted by Crippen LogP contribution is -2.43. The van der Waals surface area contributed by atoms with Crippen LogP contribution in [0.15, 0.2) is 10.7 Å². The molecule has 0 unspecified atom stereocenters. The zero-order valence-corrected chi connectivity index (χ0v) is 12.8. The zero-order valence-electron chi connectivity index (χ0n) is 12.1. The topological polar surface area (TPSA) is 58.6 Å². The van der Waals surface area contributed by atoms with Gasteiger partial charge >= 0.3 is 0 Å². The third-order valence-corrected chi connectivity index (χ3v) is 4.88. The molecule has 1 N–H and O–H groups in total. The summed E-state index contributed by atoms with van der Waals surface area (Å²) in [7, 11) is 0. The Bertz CT molecular complexity index is 466. The van der Waals surface area contributed by atoms with E-state index < -0.39 is 0 Å². The van der Waals surface area contributed by atoms with Crippen molar-refractivity contribution in [2.75, 3.05) is 13.2 Å². The molecule has 1 saturated carbocycles. The first-order chi connectivity index (χ1) is 10.2. The highest BCUT2D eigenvalue weighted by Gasteiger charge is 2.42. The Morgan fingerprint density at radius 2 is 1.86 bits per heavy atom. The van der Waals surface area contributed by atoms with Gasteiger partial charge in [-0.1, -0.05) is 30.9 Å². The normalized spacial score (nSPS) is 27.9. The molecular formula is C15H21ClN2O3. The Morgan fingerprint density at radius 1 is 1.10 bits per heavy atom. The minimum atomic E-state index is -0.344. The van der Waals surface area contributed by atoms with E-state index in [1.54, 1.807) is 0 Å². The zero-order chi connectivity index (χ0) is 14.8. The first-order valence-corrected chi connectivity index (χ1v) is 8.19. The van der Waals surface area contributed by atoms with Crippen LogP contribution in [0, 0.1) is 0 Å². The van der Waals surface area contributed by atoms with Gasteiger partial charge in [0.05, 0.1) is 6.10 Å². The first kappa shape index (κ1) is 14.9. The summed E-state index contributed by atoms with van der Waals surface area (Å²) in [6.45, 7) is 1.29. The number of halogens is 1. The van der Waals surface area contributed by atoms with Gasteiger partial charge in [0, 0.05) is 19.2 Å². The highest BCUT2D eigenvalue weighted by Crippen LogP contribution is 2.30. The van der Waals surface area contributed by atoms with Gasteiger partial charge in [-0.15, -0.1) is 0 Å². The van der Waals surface area contributed by atoms with E-state index in [0.29, 0.717) is 6.54 Å². The molecule has 1 atom stereocenters. The second-order valence-electron chi connectivity index (χ2n) is 5.98. The van der Waals surface area contributed by atoms with Gasteiger partial charge in [0.25, 0.3) is 11.8 Å². The first-order valence-electron chi connectivity index (χ1n) is 7.81. The van der Waals surface area contributed by atoms with Crippen LogP contribution in [0.3, 0.4) is 0 Å². The van der Waals surface area contributed by atoms with E-state index in [9.17, 15) is 9.59 Å². The van der Waals surface area contributed by atoms with Crippen molar-refractivity contribution >= 4 is 23.4 Å². The standard InChI is InChI=1S/C15H21ClN2O3/c16-12-13(17-9-11-7-4-8-21-11)15(20)18(14(12)19)10-5-2-1-3-6-10/h10-11,17H,1-9H2/t11-/m0/s1. The molecular weight excluding hydrogens is 292 g/mol. The summed E-state index contributed by atoms with van der Waals surface area (Å²) in [5, 5.41) is 3.06. The molecule has 6 heteroatoms. The molecule has 2 fully saturated rings. The SMILES string of the molecule is O=C1C(Cl)=C(NC[C@@H]2CCCO2)C(=O)N1C1CCCCC1. The Morgan fingerprint density at radius 3 is 2.52 bits per heavy atom. The van der Waals surface area contributed by atoms with Crippen molar-refractivity contribution in [3.05, 3.63) is 10.7 Å². The lowest BCUT2D eigenvalue weighted by atomic mass is 9.94. The van der Waals surface area contributed by atoms with Crippen molar-refractivity contribution in [1.82, 2.24) is 10.2 Å². The molecule has 5 nitrogen and oxygen atoms in total. The number of hydrogen-bond donors (Lipinski definition) is 1. The number of carbonyl (C=O) groups is 2. The van der Waals surface area contributed by atoms with Crippen molar-refractivity contribution in [2.45, 2.75) is 57.1 Å². The minimum absolute atomic E-state index is 0.00882. The fourth-order valence-corrected chi connectivity index (χ4v) is 3.60. The molecule has 2 heterocycles. The lowest BCUT2D eigenvalue weighted by molar-refractivity contribution is -0.140. The molecule has 0 aromatic heterocycles. The van der Waals surface area contributed by atoms with Crippen molar-refractivity contribution in [3.63, 3.8) is 0 Å². The fraction of sp³-hybridized carbons (Fsp3) is 0.733. The Labute approximate surface area is 129 Å². The van der Waals surface area contributed by atoms with E-state index in [4.69, 9.17) is 16.3 Å². The van der Waals surface area contributed by atoms with Gasteiger partial charge in [0.2, 0.25) is 0 Å². The van der Waals surface area contributed by atoms with Gasteiger partial charge < -0.3 is 10.1 Å². The molecule has 116 valence electrons. The molecule has 2 aliphatic heterocycles. The van der Waals surface area contributed by atoms with E-state index >= 15 is 0 Å². The van der Waals surface area contributed by atoms with Crippen molar-refractivity contribution < 1.29 is 14.3 Å². The molecule has 21 heavy (non-hydrogen) atoms. The maximum atomic E-state index is 12.5. The van der Waals surface area contributed by atoms with Gasteiger partial charge in [-0.2, -0.15) is 0 Å². The fourth-order valence-electron chi connectivity index (χ4n) is 3.36. The maximum Gasteiger partial charge on any atom is 0.278 e. The van der Waals surface area contributed by atoms with E-state index in [-0.39, 0.29) is 34.7 Å². The molecule has 0 aromatic carbocycles. The Balaban J connectivity index is 1.65. The summed E-state index contributed by atoms with van der Waals surface area (Å²) in [5.41, 5.74) is 0.253.